The van der Waals surface area contributed by atoms with Crippen LogP contribution in [0.15, 0.2) is 41.7 Å². The van der Waals surface area contributed by atoms with Gasteiger partial charge in [-0.2, -0.15) is 0 Å². The molecule has 1 amide bonds. The van der Waals surface area contributed by atoms with Gasteiger partial charge in [0.05, 0.1) is 12.6 Å². The molecule has 1 aromatic heterocycles. The van der Waals surface area contributed by atoms with E-state index in [9.17, 15) is 9.18 Å². The number of benzene rings is 1. The maximum absolute atomic E-state index is 13.9. The Kier molecular flexibility index (Phi) is 8.35. The van der Waals surface area contributed by atoms with E-state index in [1.54, 1.807) is 37.5 Å². The van der Waals surface area contributed by atoms with Crippen LogP contribution in [0.3, 0.4) is 0 Å². The van der Waals surface area contributed by atoms with Gasteiger partial charge in [-0.15, -0.1) is 0 Å². The van der Waals surface area contributed by atoms with Crippen LogP contribution in [0.4, 0.5) is 10.3 Å². The lowest BCUT2D eigenvalue weighted by Crippen LogP contribution is -2.49. The van der Waals surface area contributed by atoms with Gasteiger partial charge in [-0.1, -0.05) is 12.1 Å². The number of aryl methyl sites for hydroxylation is 1. The fraction of sp³-hybridized carbons (Fsp3) is 0.478. The van der Waals surface area contributed by atoms with Crippen LogP contribution in [-0.4, -0.2) is 66.0 Å². The monoisotopic (exact) mass is 441 g/mol. The van der Waals surface area contributed by atoms with Gasteiger partial charge < -0.3 is 20.4 Å². The Morgan fingerprint density at radius 2 is 1.94 bits per heavy atom. The van der Waals surface area contributed by atoms with E-state index in [4.69, 9.17) is 0 Å². The summed E-state index contributed by atoms with van der Waals surface area (Å²) in [5.74, 6) is 1.18. The highest BCUT2D eigenvalue weighted by molar-refractivity contribution is 5.81. The topological polar surface area (TPSA) is 85.8 Å². The number of hydrogen-bond acceptors (Lipinski definition) is 5. The molecule has 1 aromatic carbocycles. The molecule has 172 valence electrons. The predicted octanol–water partition coefficient (Wildman–Crippen LogP) is 2.28. The lowest BCUT2D eigenvalue weighted by molar-refractivity contribution is -0.131. The van der Waals surface area contributed by atoms with Gasteiger partial charge in [0.15, 0.2) is 5.96 Å². The summed E-state index contributed by atoms with van der Waals surface area (Å²) in [5.41, 5.74) is 1.47. The number of hydrogen-bond donors (Lipinski definition) is 2. The number of nitrogens with one attached hydrogen (secondary N) is 2. The average Bonchev–Trinajstić information content (AvgIpc) is 2.81. The molecule has 9 heteroatoms. The van der Waals surface area contributed by atoms with Crippen LogP contribution in [0.2, 0.25) is 0 Å². The van der Waals surface area contributed by atoms with Crippen LogP contribution in [0.25, 0.3) is 0 Å². The molecule has 0 bridgehead atoms. The van der Waals surface area contributed by atoms with Crippen molar-refractivity contribution < 1.29 is 9.18 Å². The summed E-state index contributed by atoms with van der Waals surface area (Å²) < 4.78 is 13.9. The molecule has 1 aliphatic heterocycles. The first-order valence-electron chi connectivity index (χ1n) is 11.1. The molecule has 0 spiro atoms. The Morgan fingerprint density at radius 1 is 1.22 bits per heavy atom. The van der Waals surface area contributed by atoms with Crippen molar-refractivity contribution in [3.8, 4) is 0 Å². The van der Waals surface area contributed by atoms with Gasteiger partial charge in [0.25, 0.3) is 0 Å². The highest BCUT2D eigenvalue weighted by atomic mass is 19.1. The standard InChI is InChI=1S/C23H32FN7O/c1-4-25-22(29-18(3)19-7-6-17(2)20(24)16-19)26-11-8-21(32)30-12-14-31(15-13-30)23-27-9-5-10-28-23/h5-7,9-10,16,18H,4,8,11-15H2,1-3H3,(H2,25,26,29). The van der Waals surface area contributed by atoms with Crippen LogP contribution < -0.4 is 15.5 Å². The summed E-state index contributed by atoms with van der Waals surface area (Å²) in [6.07, 6.45) is 3.79. The van der Waals surface area contributed by atoms with Gasteiger partial charge in [-0.05, 0) is 44.0 Å². The van der Waals surface area contributed by atoms with E-state index < -0.39 is 0 Å². The lowest BCUT2D eigenvalue weighted by Gasteiger charge is -2.34. The largest absolute Gasteiger partial charge is 0.357 e. The Balaban J connectivity index is 1.48. The van der Waals surface area contributed by atoms with Crippen LogP contribution in [0.1, 0.15) is 37.4 Å². The summed E-state index contributed by atoms with van der Waals surface area (Å²) in [7, 11) is 0. The van der Waals surface area contributed by atoms with Gasteiger partial charge >= 0.3 is 0 Å². The second-order valence-corrected chi connectivity index (χ2v) is 7.80. The van der Waals surface area contributed by atoms with Crippen LogP contribution in [0.5, 0.6) is 0 Å². The summed E-state index contributed by atoms with van der Waals surface area (Å²) in [5, 5.41) is 6.47. The third-order valence-electron chi connectivity index (χ3n) is 5.46. The molecule has 2 aromatic rings. The maximum Gasteiger partial charge on any atom is 0.225 e. The first-order valence-corrected chi connectivity index (χ1v) is 11.1. The van der Waals surface area contributed by atoms with Crippen molar-refractivity contribution in [1.29, 1.82) is 0 Å². The van der Waals surface area contributed by atoms with E-state index in [2.05, 4.69) is 30.5 Å². The summed E-state index contributed by atoms with van der Waals surface area (Å²) in [6, 6.07) is 6.89. The number of anilines is 1. The highest BCUT2D eigenvalue weighted by Gasteiger charge is 2.22. The number of aromatic nitrogens is 2. The van der Waals surface area contributed by atoms with Crippen molar-refractivity contribution in [3.63, 3.8) is 0 Å². The van der Waals surface area contributed by atoms with E-state index in [1.165, 1.54) is 0 Å². The van der Waals surface area contributed by atoms with Crippen LogP contribution in [0, 0.1) is 12.7 Å². The van der Waals surface area contributed by atoms with Gasteiger partial charge in [0, 0.05) is 51.5 Å². The first kappa shape index (κ1) is 23.4. The second kappa shape index (κ2) is 11.4. The summed E-state index contributed by atoms with van der Waals surface area (Å²) in [4.78, 5) is 29.7. The number of aliphatic imine (C=N–C) groups is 1. The van der Waals surface area contributed by atoms with Crippen molar-refractivity contribution in [1.82, 2.24) is 25.5 Å². The first-order chi connectivity index (χ1) is 15.5. The predicted molar refractivity (Wildman–Crippen MR) is 124 cm³/mol. The fourth-order valence-electron chi connectivity index (χ4n) is 3.52. The normalized spacial score (nSPS) is 15.4. The van der Waals surface area contributed by atoms with E-state index in [-0.39, 0.29) is 17.8 Å². The molecule has 1 atom stereocenters. The number of rotatable bonds is 7. The number of carbonyl (C=O) groups is 1. The van der Waals surface area contributed by atoms with Crippen molar-refractivity contribution in [3.05, 3.63) is 53.6 Å². The van der Waals surface area contributed by atoms with Crippen molar-refractivity contribution in [2.24, 2.45) is 4.99 Å². The quantitative estimate of drug-likeness (QED) is 0.507. The molecule has 1 fully saturated rings. The molecule has 2 N–H and O–H groups in total. The van der Waals surface area contributed by atoms with Crippen molar-refractivity contribution in [2.75, 3.05) is 44.2 Å². The van der Waals surface area contributed by atoms with Crippen LogP contribution >= 0.6 is 0 Å². The third-order valence-corrected chi connectivity index (χ3v) is 5.46. The minimum atomic E-state index is -0.220. The third kappa shape index (κ3) is 6.38. The number of halogens is 1. The molecule has 32 heavy (non-hydrogen) atoms. The van der Waals surface area contributed by atoms with Gasteiger partial charge in [-0.25, -0.2) is 14.4 Å². The number of guanidine groups is 1. The zero-order valence-corrected chi connectivity index (χ0v) is 19.0. The molecule has 0 radical (unpaired) electrons. The number of piperazine rings is 1. The molecule has 1 unspecified atom stereocenters. The Hall–Kier alpha value is -3.23. The highest BCUT2D eigenvalue weighted by Crippen LogP contribution is 2.16. The molecule has 0 saturated carbocycles. The average molecular weight is 442 g/mol. The zero-order chi connectivity index (χ0) is 22.9. The molecule has 1 saturated heterocycles. The van der Waals surface area contributed by atoms with Gasteiger partial charge in [0.1, 0.15) is 5.82 Å². The summed E-state index contributed by atoms with van der Waals surface area (Å²) in [6.45, 7) is 9.48. The molecule has 2 heterocycles. The summed E-state index contributed by atoms with van der Waals surface area (Å²) >= 11 is 0. The number of carbonyl (C=O) groups excluding carboxylic acids is 1. The van der Waals surface area contributed by atoms with E-state index in [1.807, 2.05) is 24.8 Å². The van der Waals surface area contributed by atoms with Gasteiger partial charge in [-0.3, -0.25) is 9.79 Å². The van der Waals surface area contributed by atoms with E-state index >= 15 is 0 Å². The Labute approximate surface area is 189 Å². The molecular weight excluding hydrogens is 409 g/mol. The minimum Gasteiger partial charge on any atom is -0.357 e. The maximum atomic E-state index is 13.9. The van der Waals surface area contributed by atoms with Crippen molar-refractivity contribution >= 4 is 17.8 Å². The molecular formula is C23H32FN7O. The lowest BCUT2D eigenvalue weighted by atomic mass is 10.1. The Morgan fingerprint density at radius 3 is 2.59 bits per heavy atom. The Bertz CT molecular complexity index is 914. The second-order valence-electron chi connectivity index (χ2n) is 7.80. The number of nitrogens with zero attached hydrogens (tertiary/aromatic N) is 5. The molecule has 1 aliphatic rings. The zero-order valence-electron chi connectivity index (χ0n) is 19.0. The van der Waals surface area contributed by atoms with Crippen molar-refractivity contribution in [2.45, 2.75) is 33.2 Å². The minimum absolute atomic E-state index is 0.0897. The van der Waals surface area contributed by atoms with Gasteiger partial charge in [0.2, 0.25) is 11.9 Å². The van der Waals surface area contributed by atoms with E-state index in [0.717, 1.165) is 5.56 Å². The van der Waals surface area contributed by atoms with Crippen LogP contribution in [-0.2, 0) is 4.79 Å². The van der Waals surface area contributed by atoms with E-state index in [0.29, 0.717) is 63.2 Å². The molecule has 8 nitrogen and oxygen atoms in total. The number of amides is 1. The SMILES string of the molecule is CCNC(=NCCC(=O)N1CCN(c2ncccn2)CC1)NC(C)c1ccc(C)c(F)c1. The smallest absolute Gasteiger partial charge is 0.225 e. The molecule has 0 aliphatic carbocycles. The molecule has 3 rings (SSSR count). The fourth-order valence-corrected chi connectivity index (χ4v) is 3.52.